The van der Waals surface area contributed by atoms with Crippen molar-refractivity contribution in [3.63, 3.8) is 0 Å². The number of nitrogens with one attached hydrogen (secondary N) is 2. The molecule has 5 heteroatoms. The molecule has 0 aliphatic carbocycles. The number of carbonyl (C=O) groups excluding carboxylic acids is 1. The maximum absolute atomic E-state index is 12.3. The van der Waals surface area contributed by atoms with E-state index in [1.165, 1.54) is 17.7 Å². The van der Waals surface area contributed by atoms with Gasteiger partial charge in [-0.15, -0.1) is 11.3 Å². The molecule has 2 aliphatic heterocycles. The van der Waals surface area contributed by atoms with Crippen molar-refractivity contribution < 1.29 is 4.79 Å². The topological polar surface area (TPSA) is 54.0 Å². The molecular formula is C16H25N3OS. The van der Waals surface area contributed by atoms with Gasteiger partial charge in [0.1, 0.15) is 5.01 Å². The van der Waals surface area contributed by atoms with Crippen molar-refractivity contribution in [3.8, 4) is 0 Å². The zero-order chi connectivity index (χ0) is 14.8. The Labute approximate surface area is 130 Å². The predicted molar refractivity (Wildman–Crippen MR) is 85.3 cm³/mol. The minimum atomic E-state index is 0.0289. The Morgan fingerprint density at radius 1 is 1.48 bits per heavy atom. The molecule has 0 aromatic carbocycles. The first-order valence-electron chi connectivity index (χ1n) is 8.14. The molecule has 116 valence electrons. The summed E-state index contributed by atoms with van der Waals surface area (Å²) in [4.78, 5) is 17.9. The first kappa shape index (κ1) is 15.0. The van der Waals surface area contributed by atoms with Crippen molar-refractivity contribution in [2.75, 3.05) is 0 Å². The van der Waals surface area contributed by atoms with E-state index in [-0.39, 0.29) is 11.9 Å². The number of carbonyl (C=O) groups is 1. The summed E-state index contributed by atoms with van der Waals surface area (Å²) in [6.45, 7) is 4.16. The molecule has 2 saturated heterocycles. The average molecular weight is 307 g/mol. The van der Waals surface area contributed by atoms with Crippen molar-refractivity contribution >= 4 is 17.2 Å². The molecule has 0 saturated carbocycles. The summed E-state index contributed by atoms with van der Waals surface area (Å²) in [6, 6.07) is 1.34. The fourth-order valence-electron chi connectivity index (χ4n) is 3.65. The monoisotopic (exact) mass is 307 g/mol. The van der Waals surface area contributed by atoms with E-state index in [1.54, 1.807) is 11.3 Å². The van der Waals surface area contributed by atoms with Crippen LogP contribution in [0.3, 0.4) is 0 Å². The number of aromatic nitrogens is 1. The third-order valence-electron chi connectivity index (χ3n) is 4.71. The van der Waals surface area contributed by atoms with Gasteiger partial charge < -0.3 is 10.6 Å². The Kier molecular flexibility index (Phi) is 4.60. The number of aryl methyl sites for hydroxylation is 1. The molecule has 2 fully saturated rings. The third-order valence-corrected chi connectivity index (χ3v) is 6.04. The standard InChI is InChI=1S/C16H25N3OS/c1-3-14-9-17-16(21-14)10(2)18-15(20)8-11-6-12-4-5-13(7-11)19-12/h9-13,19H,3-8H2,1-2H3,(H,18,20). The maximum atomic E-state index is 12.3. The Morgan fingerprint density at radius 2 is 2.19 bits per heavy atom. The van der Waals surface area contributed by atoms with E-state index in [1.807, 2.05) is 13.1 Å². The fourth-order valence-corrected chi connectivity index (χ4v) is 4.51. The van der Waals surface area contributed by atoms with Crippen LogP contribution < -0.4 is 10.6 Å². The molecule has 3 unspecified atom stereocenters. The van der Waals surface area contributed by atoms with E-state index in [9.17, 15) is 4.79 Å². The van der Waals surface area contributed by atoms with Crippen LogP contribution in [0.25, 0.3) is 0 Å². The Morgan fingerprint density at radius 3 is 2.81 bits per heavy atom. The number of hydrogen-bond acceptors (Lipinski definition) is 4. The predicted octanol–water partition coefficient (Wildman–Crippen LogP) is 2.80. The minimum absolute atomic E-state index is 0.0289. The number of fused-ring (bicyclic) bond motifs is 2. The smallest absolute Gasteiger partial charge is 0.220 e. The second kappa shape index (κ2) is 6.44. The maximum Gasteiger partial charge on any atom is 0.220 e. The number of piperidine rings is 1. The molecule has 2 N–H and O–H groups in total. The van der Waals surface area contributed by atoms with Gasteiger partial charge in [0.15, 0.2) is 0 Å². The molecule has 2 aliphatic rings. The second-order valence-corrected chi connectivity index (χ2v) is 7.63. The number of rotatable bonds is 5. The van der Waals surface area contributed by atoms with Crippen LogP contribution in [0.4, 0.5) is 0 Å². The highest BCUT2D eigenvalue weighted by atomic mass is 32.1. The molecule has 21 heavy (non-hydrogen) atoms. The fraction of sp³-hybridized carbons (Fsp3) is 0.750. The average Bonchev–Trinajstić information content (AvgIpc) is 3.05. The van der Waals surface area contributed by atoms with Crippen molar-refractivity contribution in [2.24, 2.45) is 5.92 Å². The largest absolute Gasteiger partial charge is 0.347 e. The van der Waals surface area contributed by atoms with Crippen molar-refractivity contribution in [1.82, 2.24) is 15.6 Å². The van der Waals surface area contributed by atoms with Gasteiger partial charge >= 0.3 is 0 Å². The van der Waals surface area contributed by atoms with Crippen LogP contribution in [0, 0.1) is 5.92 Å². The Bertz CT molecular complexity index is 489. The van der Waals surface area contributed by atoms with Crippen LogP contribution in [-0.2, 0) is 11.2 Å². The first-order chi connectivity index (χ1) is 10.1. The molecule has 2 bridgehead atoms. The number of nitrogens with zero attached hydrogens (tertiary/aromatic N) is 1. The quantitative estimate of drug-likeness (QED) is 0.879. The summed E-state index contributed by atoms with van der Waals surface area (Å²) < 4.78 is 0. The molecule has 1 aromatic rings. The van der Waals surface area contributed by atoms with Gasteiger partial charge in [-0.2, -0.15) is 0 Å². The highest BCUT2D eigenvalue weighted by Gasteiger charge is 2.34. The van der Waals surface area contributed by atoms with Crippen LogP contribution in [0.2, 0.25) is 0 Å². The van der Waals surface area contributed by atoms with Gasteiger partial charge in [-0.05, 0) is 44.9 Å². The summed E-state index contributed by atoms with van der Waals surface area (Å²) in [5, 5.41) is 7.77. The minimum Gasteiger partial charge on any atom is -0.347 e. The molecule has 3 heterocycles. The van der Waals surface area contributed by atoms with Gasteiger partial charge in [0.05, 0.1) is 6.04 Å². The first-order valence-corrected chi connectivity index (χ1v) is 8.95. The van der Waals surface area contributed by atoms with Crippen LogP contribution in [-0.4, -0.2) is 23.0 Å². The number of hydrogen-bond donors (Lipinski definition) is 2. The van der Waals surface area contributed by atoms with Crippen LogP contribution in [0.1, 0.15) is 61.9 Å². The van der Waals surface area contributed by atoms with E-state index in [0.29, 0.717) is 24.4 Å². The molecule has 4 nitrogen and oxygen atoms in total. The SMILES string of the molecule is CCc1cnc(C(C)NC(=O)CC2CC3CCC(C2)N3)s1. The lowest BCUT2D eigenvalue weighted by Crippen LogP contribution is -2.40. The second-order valence-electron chi connectivity index (χ2n) is 6.49. The van der Waals surface area contributed by atoms with Crippen molar-refractivity contribution in [2.45, 2.75) is 70.5 Å². The van der Waals surface area contributed by atoms with E-state index in [0.717, 1.165) is 24.3 Å². The van der Waals surface area contributed by atoms with Crippen LogP contribution >= 0.6 is 11.3 Å². The summed E-state index contributed by atoms with van der Waals surface area (Å²) in [7, 11) is 0. The third kappa shape index (κ3) is 3.64. The molecule has 3 rings (SSSR count). The number of amides is 1. The summed E-state index contributed by atoms with van der Waals surface area (Å²) in [5.74, 6) is 0.737. The van der Waals surface area contributed by atoms with E-state index in [4.69, 9.17) is 0 Å². The van der Waals surface area contributed by atoms with Gasteiger partial charge in [0.25, 0.3) is 0 Å². The lowest BCUT2D eigenvalue weighted by atomic mass is 9.89. The molecule has 0 radical (unpaired) electrons. The Hall–Kier alpha value is -0.940. The van der Waals surface area contributed by atoms with E-state index in [2.05, 4.69) is 22.5 Å². The van der Waals surface area contributed by atoms with Gasteiger partial charge in [0.2, 0.25) is 5.91 Å². The van der Waals surface area contributed by atoms with E-state index >= 15 is 0 Å². The van der Waals surface area contributed by atoms with Gasteiger partial charge in [0, 0.05) is 29.6 Å². The summed E-state index contributed by atoms with van der Waals surface area (Å²) >= 11 is 1.70. The molecule has 3 atom stereocenters. The zero-order valence-electron chi connectivity index (χ0n) is 12.9. The molecule has 1 aromatic heterocycles. The molecule has 1 amide bonds. The van der Waals surface area contributed by atoms with Crippen LogP contribution in [0.15, 0.2) is 6.20 Å². The summed E-state index contributed by atoms with van der Waals surface area (Å²) in [6.07, 6.45) is 8.51. The zero-order valence-corrected chi connectivity index (χ0v) is 13.7. The number of thiazole rings is 1. The highest BCUT2D eigenvalue weighted by molar-refractivity contribution is 7.11. The van der Waals surface area contributed by atoms with Crippen LogP contribution in [0.5, 0.6) is 0 Å². The lowest BCUT2D eigenvalue weighted by Gasteiger charge is -2.28. The lowest BCUT2D eigenvalue weighted by molar-refractivity contribution is -0.122. The van der Waals surface area contributed by atoms with Gasteiger partial charge in [-0.3, -0.25) is 4.79 Å². The van der Waals surface area contributed by atoms with Crippen molar-refractivity contribution in [1.29, 1.82) is 0 Å². The highest BCUT2D eigenvalue weighted by Crippen LogP contribution is 2.32. The normalized spacial score (nSPS) is 29.3. The summed E-state index contributed by atoms with van der Waals surface area (Å²) in [5.41, 5.74) is 0. The van der Waals surface area contributed by atoms with Gasteiger partial charge in [-0.1, -0.05) is 6.92 Å². The Balaban J connectivity index is 1.49. The van der Waals surface area contributed by atoms with Gasteiger partial charge in [-0.25, -0.2) is 4.98 Å². The van der Waals surface area contributed by atoms with E-state index < -0.39 is 0 Å². The molecule has 0 spiro atoms. The van der Waals surface area contributed by atoms with Crippen molar-refractivity contribution in [3.05, 3.63) is 16.1 Å². The molecular weight excluding hydrogens is 282 g/mol.